The molecule has 96 valence electrons. The summed E-state index contributed by atoms with van der Waals surface area (Å²) < 4.78 is 0. The number of hydrogen-bond donors (Lipinski definition) is 1. The zero-order chi connectivity index (χ0) is 12.5. The Morgan fingerprint density at radius 2 is 1.89 bits per heavy atom. The van der Waals surface area contributed by atoms with Gasteiger partial charge in [0.15, 0.2) is 0 Å². The molecule has 0 unspecified atom stereocenters. The lowest BCUT2D eigenvalue weighted by atomic mass is 10.1. The van der Waals surface area contributed by atoms with Crippen LogP contribution in [-0.4, -0.2) is 40.4 Å². The molecule has 0 spiro atoms. The molecule has 1 aromatic heterocycles. The van der Waals surface area contributed by atoms with Gasteiger partial charge in [-0.3, -0.25) is 4.79 Å². The molecule has 0 aliphatic carbocycles. The van der Waals surface area contributed by atoms with Crippen LogP contribution in [0.1, 0.15) is 24.1 Å². The summed E-state index contributed by atoms with van der Waals surface area (Å²) in [7, 11) is 0. The Kier molecular flexibility index (Phi) is 2.81. The number of hydrogen-bond acceptors (Lipinski definition) is 2. The van der Waals surface area contributed by atoms with Gasteiger partial charge in [-0.1, -0.05) is 6.07 Å². The van der Waals surface area contributed by atoms with E-state index in [1.165, 1.54) is 6.07 Å². The number of amides is 2. The first-order valence-electron chi connectivity index (χ1n) is 6.49. The van der Waals surface area contributed by atoms with Crippen LogP contribution >= 0.6 is 0 Å². The van der Waals surface area contributed by atoms with E-state index in [1.807, 2.05) is 15.9 Å². The van der Waals surface area contributed by atoms with E-state index >= 15 is 0 Å². The quantitative estimate of drug-likeness (QED) is 0.742. The fourth-order valence-electron chi connectivity index (χ4n) is 2.72. The van der Waals surface area contributed by atoms with Gasteiger partial charge in [0.05, 0.1) is 0 Å². The predicted octanol–water partition coefficient (Wildman–Crippen LogP) is 0.949. The molecule has 0 aromatic carbocycles. The summed E-state index contributed by atoms with van der Waals surface area (Å²) in [5, 5.41) is 0. The molecule has 3 rings (SSSR count). The van der Waals surface area contributed by atoms with Crippen LogP contribution in [0, 0.1) is 0 Å². The molecule has 0 radical (unpaired) electrons. The van der Waals surface area contributed by atoms with Crippen molar-refractivity contribution >= 4 is 6.03 Å². The Labute approximate surface area is 105 Å². The van der Waals surface area contributed by atoms with Crippen LogP contribution in [0.2, 0.25) is 0 Å². The molecule has 2 aliphatic rings. The molecule has 2 aliphatic heterocycles. The van der Waals surface area contributed by atoms with Crippen molar-refractivity contribution in [2.24, 2.45) is 0 Å². The van der Waals surface area contributed by atoms with Crippen molar-refractivity contribution in [1.29, 1.82) is 0 Å². The maximum Gasteiger partial charge on any atom is 0.320 e. The van der Waals surface area contributed by atoms with Crippen LogP contribution in [0.3, 0.4) is 0 Å². The number of H-pyrrole nitrogens is 1. The highest BCUT2D eigenvalue weighted by molar-refractivity contribution is 5.75. The first-order valence-corrected chi connectivity index (χ1v) is 6.49. The number of nitrogens with zero attached hydrogens (tertiary/aromatic N) is 2. The van der Waals surface area contributed by atoms with Crippen LogP contribution in [0.15, 0.2) is 16.9 Å². The molecule has 5 nitrogen and oxygen atoms in total. The van der Waals surface area contributed by atoms with E-state index in [1.54, 1.807) is 0 Å². The Bertz CT molecular complexity index is 517. The minimum Gasteiger partial charge on any atom is -0.326 e. The van der Waals surface area contributed by atoms with Gasteiger partial charge < -0.3 is 14.8 Å². The third kappa shape index (κ3) is 2.00. The molecule has 0 bridgehead atoms. The maximum absolute atomic E-state index is 12.3. The normalized spacial score (nSPS) is 18.9. The molecule has 1 saturated heterocycles. The molecule has 0 atom stereocenters. The van der Waals surface area contributed by atoms with E-state index in [2.05, 4.69) is 4.98 Å². The van der Waals surface area contributed by atoms with E-state index in [9.17, 15) is 9.59 Å². The molecule has 3 heterocycles. The third-order valence-electron chi connectivity index (χ3n) is 3.74. The van der Waals surface area contributed by atoms with Gasteiger partial charge in [0.25, 0.3) is 0 Å². The number of carbonyl (C=O) groups excluding carboxylic acids is 1. The van der Waals surface area contributed by atoms with Gasteiger partial charge in [0.2, 0.25) is 5.56 Å². The lowest BCUT2D eigenvalue weighted by Crippen LogP contribution is -2.44. The summed E-state index contributed by atoms with van der Waals surface area (Å²) in [6, 6.07) is 3.50. The minimum atomic E-state index is -0.0620. The number of urea groups is 1. The molecular formula is C13H17N3O2. The number of likely N-dealkylation sites (tertiary alicyclic amines) is 1. The Morgan fingerprint density at radius 3 is 2.67 bits per heavy atom. The van der Waals surface area contributed by atoms with Gasteiger partial charge in [0.1, 0.15) is 0 Å². The number of rotatable bonds is 0. The fourth-order valence-corrected chi connectivity index (χ4v) is 2.72. The lowest BCUT2D eigenvalue weighted by Gasteiger charge is -2.31. The first-order chi connectivity index (χ1) is 8.74. The molecule has 1 fully saturated rings. The molecule has 1 N–H and O–H groups in total. The summed E-state index contributed by atoms with van der Waals surface area (Å²) in [6.07, 6.45) is 2.97. The largest absolute Gasteiger partial charge is 0.326 e. The first kappa shape index (κ1) is 11.3. The van der Waals surface area contributed by atoms with Gasteiger partial charge in [-0.05, 0) is 18.4 Å². The monoisotopic (exact) mass is 247 g/mol. The second-order valence-corrected chi connectivity index (χ2v) is 4.97. The van der Waals surface area contributed by atoms with E-state index < -0.39 is 0 Å². The smallest absolute Gasteiger partial charge is 0.320 e. The van der Waals surface area contributed by atoms with Crippen molar-refractivity contribution in [1.82, 2.24) is 14.8 Å². The van der Waals surface area contributed by atoms with Crippen molar-refractivity contribution in [2.45, 2.75) is 25.8 Å². The van der Waals surface area contributed by atoms with E-state index in [-0.39, 0.29) is 11.6 Å². The zero-order valence-corrected chi connectivity index (χ0v) is 10.3. The van der Waals surface area contributed by atoms with Crippen molar-refractivity contribution in [3.05, 3.63) is 33.7 Å². The zero-order valence-electron chi connectivity index (χ0n) is 10.3. The van der Waals surface area contributed by atoms with Crippen molar-refractivity contribution < 1.29 is 4.79 Å². The maximum atomic E-state index is 12.3. The fraction of sp³-hybridized carbons (Fsp3) is 0.538. The Morgan fingerprint density at radius 1 is 1.11 bits per heavy atom. The standard InChI is InChI=1S/C13H17N3O2/c17-12-4-3-10-9-16(8-5-11(10)14-12)13(18)15-6-1-2-7-15/h3-4H,1-2,5-9H2,(H,14,17). The molecule has 5 heteroatoms. The van der Waals surface area contributed by atoms with Gasteiger partial charge in [-0.2, -0.15) is 0 Å². The van der Waals surface area contributed by atoms with E-state index in [0.717, 1.165) is 43.6 Å². The highest BCUT2D eigenvalue weighted by atomic mass is 16.2. The number of aromatic amines is 1. The topological polar surface area (TPSA) is 56.4 Å². The third-order valence-corrected chi connectivity index (χ3v) is 3.74. The van der Waals surface area contributed by atoms with Gasteiger partial charge >= 0.3 is 6.03 Å². The molecular weight excluding hydrogens is 230 g/mol. The number of pyridine rings is 1. The second kappa shape index (κ2) is 4.48. The summed E-state index contributed by atoms with van der Waals surface area (Å²) in [5.41, 5.74) is 1.98. The minimum absolute atomic E-state index is 0.0620. The average Bonchev–Trinajstić information content (AvgIpc) is 2.91. The van der Waals surface area contributed by atoms with Crippen molar-refractivity contribution in [3.8, 4) is 0 Å². The summed E-state index contributed by atoms with van der Waals surface area (Å²) in [5.74, 6) is 0. The lowest BCUT2D eigenvalue weighted by molar-refractivity contribution is 0.157. The highest BCUT2D eigenvalue weighted by Gasteiger charge is 2.26. The highest BCUT2D eigenvalue weighted by Crippen LogP contribution is 2.18. The molecule has 1 aromatic rings. The molecule has 0 saturated carbocycles. The van der Waals surface area contributed by atoms with Gasteiger partial charge in [-0.25, -0.2) is 4.79 Å². The van der Waals surface area contributed by atoms with Crippen LogP contribution in [0.4, 0.5) is 4.79 Å². The Balaban J connectivity index is 1.76. The van der Waals surface area contributed by atoms with Crippen molar-refractivity contribution in [3.63, 3.8) is 0 Å². The summed E-state index contributed by atoms with van der Waals surface area (Å²) in [6.45, 7) is 3.07. The number of nitrogens with one attached hydrogen (secondary N) is 1. The summed E-state index contributed by atoms with van der Waals surface area (Å²) >= 11 is 0. The number of carbonyl (C=O) groups is 1. The van der Waals surface area contributed by atoms with E-state index in [0.29, 0.717) is 13.1 Å². The second-order valence-electron chi connectivity index (χ2n) is 4.97. The van der Waals surface area contributed by atoms with Crippen LogP contribution in [-0.2, 0) is 13.0 Å². The van der Waals surface area contributed by atoms with Crippen LogP contribution in [0.5, 0.6) is 0 Å². The molecule has 18 heavy (non-hydrogen) atoms. The summed E-state index contributed by atoms with van der Waals surface area (Å²) in [4.78, 5) is 30.1. The Hall–Kier alpha value is -1.78. The average molecular weight is 247 g/mol. The van der Waals surface area contributed by atoms with Crippen molar-refractivity contribution in [2.75, 3.05) is 19.6 Å². The van der Waals surface area contributed by atoms with Gasteiger partial charge in [-0.15, -0.1) is 0 Å². The van der Waals surface area contributed by atoms with Crippen LogP contribution in [0.25, 0.3) is 0 Å². The predicted molar refractivity (Wildman–Crippen MR) is 67.4 cm³/mol. The van der Waals surface area contributed by atoms with Gasteiger partial charge in [0, 0.05) is 44.4 Å². The number of aromatic nitrogens is 1. The SMILES string of the molecule is O=C(N1CCCC1)N1CCc2[nH]c(=O)ccc2C1. The number of fused-ring (bicyclic) bond motifs is 1. The van der Waals surface area contributed by atoms with Crippen LogP contribution < -0.4 is 5.56 Å². The van der Waals surface area contributed by atoms with E-state index in [4.69, 9.17) is 0 Å². The molecule has 2 amide bonds.